The molecule has 0 spiro atoms. The normalized spacial score (nSPS) is 14.8. The van der Waals surface area contributed by atoms with Crippen LogP contribution in [0.1, 0.15) is 82.4 Å². The van der Waals surface area contributed by atoms with Crippen LogP contribution < -0.4 is 5.32 Å². The van der Waals surface area contributed by atoms with Crippen molar-refractivity contribution in [3.8, 4) is 0 Å². The third kappa shape index (κ3) is 6.64. The monoisotopic (exact) mass is 291 g/mol. The lowest BCUT2D eigenvalue weighted by atomic mass is 10.1. The van der Waals surface area contributed by atoms with Crippen LogP contribution >= 0.6 is 0 Å². The molecular formula is C18H33N3. The van der Waals surface area contributed by atoms with Crippen molar-refractivity contribution in [2.75, 3.05) is 0 Å². The second-order valence-corrected chi connectivity index (χ2v) is 6.63. The van der Waals surface area contributed by atoms with Gasteiger partial charge in [0.1, 0.15) is 0 Å². The summed E-state index contributed by atoms with van der Waals surface area (Å²) in [6.07, 6.45) is 16.0. The second-order valence-electron chi connectivity index (χ2n) is 6.63. The third-order valence-corrected chi connectivity index (χ3v) is 4.45. The molecule has 1 aromatic rings. The lowest BCUT2D eigenvalue weighted by Gasteiger charge is -2.02. The van der Waals surface area contributed by atoms with Gasteiger partial charge < -0.3 is 5.32 Å². The van der Waals surface area contributed by atoms with E-state index in [-0.39, 0.29) is 0 Å². The zero-order valence-corrected chi connectivity index (χ0v) is 14.0. The number of hydrogen-bond acceptors (Lipinski definition) is 2. The van der Waals surface area contributed by atoms with Gasteiger partial charge in [-0.25, -0.2) is 0 Å². The molecule has 1 aliphatic carbocycles. The van der Waals surface area contributed by atoms with Gasteiger partial charge in [0.2, 0.25) is 0 Å². The first-order valence-corrected chi connectivity index (χ1v) is 9.06. The van der Waals surface area contributed by atoms with Gasteiger partial charge >= 0.3 is 0 Å². The van der Waals surface area contributed by atoms with Crippen LogP contribution in [-0.4, -0.2) is 15.8 Å². The van der Waals surface area contributed by atoms with Crippen molar-refractivity contribution < 1.29 is 0 Å². The van der Waals surface area contributed by atoms with E-state index in [0.29, 0.717) is 0 Å². The number of nitrogens with zero attached hydrogens (tertiary/aromatic N) is 2. The van der Waals surface area contributed by atoms with Gasteiger partial charge in [-0.2, -0.15) is 5.10 Å². The Hall–Kier alpha value is -0.830. The minimum Gasteiger partial charge on any atom is -0.310 e. The van der Waals surface area contributed by atoms with Gasteiger partial charge in [0, 0.05) is 30.9 Å². The summed E-state index contributed by atoms with van der Waals surface area (Å²) in [6, 6.07) is 0.778. The molecule has 3 nitrogen and oxygen atoms in total. The van der Waals surface area contributed by atoms with Gasteiger partial charge in [0.05, 0.1) is 5.69 Å². The second kappa shape index (κ2) is 9.24. The van der Waals surface area contributed by atoms with Crippen LogP contribution in [0.2, 0.25) is 0 Å². The van der Waals surface area contributed by atoms with E-state index in [0.717, 1.165) is 19.1 Å². The van der Waals surface area contributed by atoms with E-state index in [1.807, 2.05) is 0 Å². The van der Waals surface area contributed by atoms with E-state index in [9.17, 15) is 0 Å². The van der Waals surface area contributed by atoms with Gasteiger partial charge in [-0.05, 0) is 26.2 Å². The Morgan fingerprint density at radius 2 is 1.76 bits per heavy atom. The quantitative estimate of drug-likeness (QED) is 0.571. The molecule has 0 bridgehead atoms. The average Bonchev–Trinajstić information content (AvgIpc) is 3.23. The predicted molar refractivity (Wildman–Crippen MR) is 89.4 cm³/mol. The van der Waals surface area contributed by atoms with Crippen molar-refractivity contribution in [3.63, 3.8) is 0 Å². The Labute approximate surface area is 130 Å². The number of unbranched alkanes of at least 4 members (excludes halogenated alkanes) is 7. The van der Waals surface area contributed by atoms with Gasteiger partial charge in [-0.1, -0.05) is 51.9 Å². The third-order valence-electron chi connectivity index (χ3n) is 4.45. The van der Waals surface area contributed by atoms with Crippen molar-refractivity contribution in [1.82, 2.24) is 15.1 Å². The molecule has 1 saturated carbocycles. The molecule has 0 aromatic carbocycles. The Kier molecular flexibility index (Phi) is 7.28. The van der Waals surface area contributed by atoms with E-state index in [1.165, 1.54) is 75.5 Å². The number of aromatic nitrogens is 2. The fourth-order valence-electron chi connectivity index (χ4n) is 2.80. The molecule has 120 valence electrons. The maximum atomic E-state index is 4.64. The van der Waals surface area contributed by atoms with Crippen molar-refractivity contribution in [3.05, 3.63) is 17.5 Å². The summed E-state index contributed by atoms with van der Waals surface area (Å²) in [6.45, 7) is 6.49. The minimum atomic E-state index is 0.778. The highest BCUT2D eigenvalue weighted by Crippen LogP contribution is 2.19. The van der Waals surface area contributed by atoms with Crippen LogP contribution in [0.15, 0.2) is 6.20 Å². The minimum absolute atomic E-state index is 0.778. The van der Waals surface area contributed by atoms with E-state index < -0.39 is 0 Å². The Bertz CT molecular complexity index is 393. The highest BCUT2D eigenvalue weighted by atomic mass is 15.3. The SMILES string of the molecule is CCCCCCCCCCn1cc(CNC2CC2)c(C)n1. The molecule has 3 heteroatoms. The fourth-order valence-corrected chi connectivity index (χ4v) is 2.80. The zero-order chi connectivity index (χ0) is 14.9. The smallest absolute Gasteiger partial charge is 0.0638 e. The topological polar surface area (TPSA) is 29.9 Å². The van der Waals surface area contributed by atoms with Crippen LogP contribution in [0.25, 0.3) is 0 Å². The van der Waals surface area contributed by atoms with Crippen molar-refractivity contribution >= 4 is 0 Å². The van der Waals surface area contributed by atoms with Crippen LogP contribution in [0.3, 0.4) is 0 Å². The molecule has 2 rings (SSSR count). The summed E-state index contributed by atoms with van der Waals surface area (Å²) >= 11 is 0. The number of hydrogen-bond donors (Lipinski definition) is 1. The summed E-state index contributed by atoms with van der Waals surface area (Å²) < 4.78 is 2.15. The first kappa shape index (κ1) is 16.5. The molecule has 0 unspecified atom stereocenters. The first-order chi connectivity index (χ1) is 10.3. The van der Waals surface area contributed by atoms with Gasteiger partial charge in [-0.3, -0.25) is 4.68 Å². The highest BCUT2D eigenvalue weighted by molar-refractivity contribution is 5.15. The highest BCUT2D eigenvalue weighted by Gasteiger charge is 2.20. The van der Waals surface area contributed by atoms with Crippen LogP contribution in [0.4, 0.5) is 0 Å². The summed E-state index contributed by atoms with van der Waals surface area (Å²) in [5.41, 5.74) is 2.57. The summed E-state index contributed by atoms with van der Waals surface area (Å²) in [5.74, 6) is 0. The molecular weight excluding hydrogens is 258 g/mol. The zero-order valence-electron chi connectivity index (χ0n) is 14.0. The lowest BCUT2D eigenvalue weighted by molar-refractivity contribution is 0.518. The molecule has 1 heterocycles. The molecule has 1 N–H and O–H groups in total. The van der Waals surface area contributed by atoms with Crippen LogP contribution in [-0.2, 0) is 13.1 Å². The predicted octanol–water partition coefficient (Wildman–Crippen LogP) is 4.58. The molecule has 1 aromatic heterocycles. The average molecular weight is 291 g/mol. The van der Waals surface area contributed by atoms with Crippen LogP contribution in [0, 0.1) is 6.92 Å². The van der Waals surface area contributed by atoms with E-state index >= 15 is 0 Å². The Balaban J connectivity index is 1.54. The van der Waals surface area contributed by atoms with Gasteiger partial charge in [0.15, 0.2) is 0 Å². The summed E-state index contributed by atoms with van der Waals surface area (Å²) in [5, 5.41) is 8.22. The van der Waals surface area contributed by atoms with E-state index in [2.05, 4.69) is 35.1 Å². The fraction of sp³-hybridized carbons (Fsp3) is 0.833. The molecule has 0 aliphatic heterocycles. The van der Waals surface area contributed by atoms with Gasteiger partial charge in [0.25, 0.3) is 0 Å². The maximum absolute atomic E-state index is 4.64. The van der Waals surface area contributed by atoms with Gasteiger partial charge in [-0.15, -0.1) is 0 Å². The van der Waals surface area contributed by atoms with Crippen molar-refractivity contribution in [2.24, 2.45) is 0 Å². The lowest BCUT2D eigenvalue weighted by Crippen LogP contribution is -2.15. The number of nitrogens with one attached hydrogen (secondary N) is 1. The number of rotatable bonds is 12. The molecule has 21 heavy (non-hydrogen) atoms. The molecule has 0 atom stereocenters. The van der Waals surface area contributed by atoms with E-state index in [4.69, 9.17) is 0 Å². The maximum Gasteiger partial charge on any atom is 0.0638 e. The largest absolute Gasteiger partial charge is 0.310 e. The standard InChI is InChI=1S/C18H33N3/c1-3-4-5-6-7-8-9-10-13-21-15-17(16(2)20-21)14-19-18-11-12-18/h15,18-19H,3-14H2,1-2H3. The Morgan fingerprint density at radius 3 is 2.43 bits per heavy atom. The summed E-state index contributed by atoms with van der Waals surface area (Å²) in [7, 11) is 0. The summed E-state index contributed by atoms with van der Waals surface area (Å²) in [4.78, 5) is 0. The number of aryl methyl sites for hydroxylation is 2. The van der Waals surface area contributed by atoms with Crippen LogP contribution in [0.5, 0.6) is 0 Å². The molecule has 1 aliphatic rings. The van der Waals surface area contributed by atoms with Crippen molar-refractivity contribution in [2.45, 2.75) is 97.2 Å². The van der Waals surface area contributed by atoms with E-state index in [1.54, 1.807) is 0 Å². The molecule has 1 fully saturated rings. The molecule has 0 amide bonds. The van der Waals surface area contributed by atoms with Crippen molar-refractivity contribution in [1.29, 1.82) is 0 Å². The Morgan fingerprint density at radius 1 is 1.10 bits per heavy atom. The molecule has 0 radical (unpaired) electrons. The first-order valence-electron chi connectivity index (χ1n) is 9.06. The molecule has 0 saturated heterocycles.